The Morgan fingerprint density at radius 3 is 2.28 bits per heavy atom. The summed E-state index contributed by atoms with van der Waals surface area (Å²) in [5.41, 5.74) is 3.22. The third-order valence-corrected chi connectivity index (χ3v) is 7.95. The van der Waals surface area contributed by atoms with Crippen molar-refractivity contribution in [2.45, 2.75) is 30.5 Å². The zero-order valence-electron chi connectivity index (χ0n) is 16.6. The largest absolute Gasteiger partial charge is 0.345 e. The van der Waals surface area contributed by atoms with Gasteiger partial charge in [0.1, 0.15) is 4.21 Å². The van der Waals surface area contributed by atoms with Crippen molar-refractivity contribution in [1.29, 1.82) is 0 Å². The molecule has 152 valence electrons. The molecule has 0 saturated heterocycles. The molecule has 1 N–H and O–H groups in total. The van der Waals surface area contributed by atoms with E-state index in [9.17, 15) is 13.2 Å². The number of thiophene rings is 1. The highest BCUT2D eigenvalue weighted by molar-refractivity contribution is 7.94. The minimum atomic E-state index is -3.59. The number of hydrogen-bond acceptors (Lipinski definition) is 4. The summed E-state index contributed by atoms with van der Waals surface area (Å²) in [6.45, 7) is 4.05. The number of anilines is 1. The standard InChI is InChI=1S/C22H24N2O3S2/c1-4-20(17-9-7-16(2)8-10-17)23-22(25)18-11-13-19(14-12-18)24(3)29(26,27)21-6-5-15-28-21/h5-15,20H,4H2,1-3H3,(H,23,25)/t20-/m1/s1. The molecule has 29 heavy (non-hydrogen) atoms. The third kappa shape index (κ3) is 4.68. The second-order valence-electron chi connectivity index (χ2n) is 6.80. The van der Waals surface area contributed by atoms with Gasteiger partial charge >= 0.3 is 0 Å². The van der Waals surface area contributed by atoms with Gasteiger partial charge in [0.2, 0.25) is 0 Å². The van der Waals surface area contributed by atoms with E-state index >= 15 is 0 Å². The van der Waals surface area contributed by atoms with Crippen LogP contribution < -0.4 is 9.62 Å². The Hall–Kier alpha value is -2.64. The van der Waals surface area contributed by atoms with Gasteiger partial charge in [0.25, 0.3) is 15.9 Å². The molecule has 0 aliphatic rings. The maximum Gasteiger partial charge on any atom is 0.273 e. The van der Waals surface area contributed by atoms with Gasteiger partial charge in [-0.2, -0.15) is 0 Å². The molecule has 0 bridgehead atoms. The average Bonchev–Trinajstić information content (AvgIpc) is 3.28. The van der Waals surface area contributed by atoms with Gasteiger partial charge in [0, 0.05) is 12.6 Å². The molecule has 1 aromatic heterocycles. The molecule has 0 unspecified atom stereocenters. The summed E-state index contributed by atoms with van der Waals surface area (Å²) >= 11 is 1.18. The predicted molar refractivity (Wildman–Crippen MR) is 118 cm³/mol. The van der Waals surface area contributed by atoms with Gasteiger partial charge in [-0.05, 0) is 54.6 Å². The highest BCUT2D eigenvalue weighted by Crippen LogP contribution is 2.25. The summed E-state index contributed by atoms with van der Waals surface area (Å²) in [5, 5.41) is 4.78. The molecule has 0 spiro atoms. The molecule has 0 aliphatic carbocycles. The van der Waals surface area contributed by atoms with E-state index in [1.54, 1.807) is 41.8 Å². The van der Waals surface area contributed by atoms with Gasteiger partial charge in [0.05, 0.1) is 11.7 Å². The fraction of sp³-hybridized carbons (Fsp3) is 0.227. The molecular weight excluding hydrogens is 404 g/mol. The lowest BCUT2D eigenvalue weighted by atomic mass is 10.0. The maximum atomic E-state index is 12.7. The topological polar surface area (TPSA) is 66.5 Å². The molecule has 1 amide bonds. The van der Waals surface area contributed by atoms with E-state index in [0.29, 0.717) is 11.3 Å². The van der Waals surface area contributed by atoms with Gasteiger partial charge < -0.3 is 5.32 Å². The van der Waals surface area contributed by atoms with Gasteiger partial charge in [-0.3, -0.25) is 9.10 Å². The Morgan fingerprint density at radius 2 is 1.72 bits per heavy atom. The number of nitrogens with one attached hydrogen (secondary N) is 1. The molecule has 0 saturated carbocycles. The van der Waals surface area contributed by atoms with E-state index in [-0.39, 0.29) is 16.2 Å². The summed E-state index contributed by atoms with van der Waals surface area (Å²) in [7, 11) is -2.08. The molecule has 7 heteroatoms. The summed E-state index contributed by atoms with van der Waals surface area (Å²) < 4.78 is 26.8. The minimum Gasteiger partial charge on any atom is -0.345 e. The van der Waals surface area contributed by atoms with Crippen molar-refractivity contribution in [2.24, 2.45) is 0 Å². The van der Waals surface area contributed by atoms with E-state index in [2.05, 4.69) is 5.32 Å². The zero-order chi connectivity index (χ0) is 21.0. The highest BCUT2D eigenvalue weighted by atomic mass is 32.2. The van der Waals surface area contributed by atoms with Crippen LogP contribution in [0.2, 0.25) is 0 Å². The Kier molecular flexibility index (Phi) is 6.39. The van der Waals surface area contributed by atoms with E-state index in [1.165, 1.54) is 28.3 Å². The first-order valence-electron chi connectivity index (χ1n) is 9.33. The van der Waals surface area contributed by atoms with Crippen LogP contribution in [0.15, 0.2) is 70.3 Å². The number of aryl methyl sites for hydroxylation is 1. The Bertz CT molecular complexity index is 1060. The number of rotatable bonds is 7. The first-order valence-corrected chi connectivity index (χ1v) is 11.6. The number of carbonyl (C=O) groups excluding carboxylic acids is 1. The lowest BCUT2D eigenvalue weighted by molar-refractivity contribution is 0.0935. The summed E-state index contributed by atoms with van der Waals surface area (Å²) in [5.74, 6) is -0.187. The van der Waals surface area contributed by atoms with E-state index in [1.807, 2.05) is 38.1 Å². The van der Waals surface area contributed by atoms with E-state index < -0.39 is 10.0 Å². The lowest BCUT2D eigenvalue weighted by Gasteiger charge is -2.20. The van der Waals surface area contributed by atoms with E-state index in [4.69, 9.17) is 0 Å². The van der Waals surface area contributed by atoms with Crippen LogP contribution in [0.1, 0.15) is 40.9 Å². The molecular formula is C22H24N2O3S2. The number of hydrogen-bond donors (Lipinski definition) is 1. The van der Waals surface area contributed by atoms with Crippen molar-refractivity contribution in [2.75, 3.05) is 11.4 Å². The van der Waals surface area contributed by atoms with Crippen LogP contribution >= 0.6 is 11.3 Å². The number of sulfonamides is 1. The van der Waals surface area contributed by atoms with Crippen molar-refractivity contribution in [3.05, 3.63) is 82.7 Å². The smallest absolute Gasteiger partial charge is 0.273 e. The number of carbonyl (C=O) groups is 1. The lowest BCUT2D eigenvalue weighted by Crippen LogP contribution is -2.28. The zero-order valence-corrected chi connectivity index (χ0v) is 18.3. The molecule has 0 fully saturated rings. The van der Waals surface area contributed by atoms with Crippen LogP contribution in [0.5, 0.6) is 0 Å². The van der Waals surface area contributed by atoms with E-state index in [0.717, 1.165) is 12.0 Å². The number of benzene rings is 2. The maximum absolute atomic E-state index is 12.7. The molecule has 3 rings (SSSR count). The minimum absolute atomic E-state index is 0.0790. The van der Waals surface area contributed by atoms with Crippen molar-refractivity contribution in [1.82, 2.24) is 5.32 Å². The normalized spacial score (nSPS) is 12.4. The predicted octanol–water partition coefficient (Wildman–Crippen LogP) is 4.76. The third-order valence-electron chi connectivity index (χ3n) is 4.80. The summed E-state index contributed by atoms with van der Waals surface area (Å²) in [4.78, 5) is 12.7. The number of nitrogens with zero attached hydrogens (tertiary/aromatic N) is 1. The Morgan fingerprint density at radius 1 is 1.07 bits per heavy atom. The fourth-order valence-electron chi connectivity index (χ4n) is 2.97. The van der Waals surface area contributed by atoms with Gasteiger partial charge in [-0.25, -0.2) is 8.42 Å². The van der Waals surface area contributed by atoms with Gasteiger partial charge in [-0.1, -0.05) is 42.8 Å². The monoisotopic (exact) mass is 428 g/mol. The van der Waals surface area contributed by atoms with Crippen LogP contribution in [0, 0.1) is 6.92 Å². The second-order valence-corrected chi connectivity index (χ2v) is 9.94. The SMILES string of the molecule is CC[C@@H](NC(=O)c1ccc(N(C)S(=O)(=O)c2cccs2)cc1)c1ccc(C)cc1. The summed E-state index contributed by atoms with van der Waals surface area (Å²) in [6, 6.07) is 17.9. The average molecular weight is 429 g/mol. The highest BCUT2D eigenvalue weighted by Gasteiger charge is 2.22. The molecule has 0 radical (unpaired) electrons. The van der Waals surface area contributed by atoms with Gasteiger partial charge in [-0.15, -0.1) is 11.3 Å². The molecule has 2 aromatic carbocycles. The molecule has 5 nitrogen and oxygen atoms in total. The van der Waals surface area contributed by atoms with Crippen LogP contribution in [0.3, 0.4) is 0 Å². The van der Waals surface area contributed by atoms with Crippen LogP contribution in [0.4, 0.5) is 5.69 Å². The molecule has 1 heterocycles. The van der Waals surface area contributed by atoms with Crippen molar-refractivity contribution >= 4 is 33.0 Å². The van der Waals surface area contributed by atoms with Gasteiger partial charge in [0.15, 0.2) is 0 Å². The Labute approximate surface area is 176 Å². The van der Waals surface area contributed by atoms with Crippen LogP contribution in [-0.4, -0.2) is 21.4 Å². The van der Waals surface area contributed by atoms with Crippen molar-refractivity contribution in [3.8, 4) is 0 Å². The fourth-order valence-corrected chi connectivity index (χ4v) is 5.32. The first kappa shape index (κ1) is 21.1. The molecule has 3 aromatic rings. The van der Waals surface area contributed by atoms with Crippen LogP contribution in [0.25, 0.3) is 0 Å². The molecule has 1 atom stereocenters. The quantitative estimate of drug-likeness (QED) is 0.590. The first-order chi connectivity index (χ1) is 13.8. The summed E-state index contributed by atoms with van der Waals surface area (Å²) in [6.07, 6.45) is 0.772. The Balaban J connectivity index is 1.73. The van der Waals surface area contributed by atoms with Crippen molar-refractivity contribution < 1.29 is 13.2 Å². The number of amides is 1. The van der Waals surface area contributed by atoms with Crippen LogP contribution in [-0.2, 0) is 10.0 Å². The van der Waals surface area contributed by atoms with Crippen molar-refractivity contribution in [3.63, 3.8) is 0 Å². The molecule has 0 aliphatic heterocycles. The second kappa shape index (κ2) is 8.80.